The number of rotatable bonds is 4. The summed E-state index contributed by atoms with van der Waals surface area (Å²) in [5.41, 5.74) is 0.901. The maximum absolute atomic E-state index is 13.6. The van der Waals surface area contributed by atoms with Crippen LogP contribution in [-0.4, -0.2) is 15.9 Å². The molecule has 1 aromatic heterocycles. The van der Waals surface area contributed by atoms with Crippen LogP contribution in [0.2, 0.25) is 5.28 Å². The Kier molecular flexibility index (Phi) is 4.85. The zero-order valence-corrected chi connectivity index (χ0v) is 13.4. The van der Waals surface area contributed by atoms with E-state index in [0.29, 0.717) is 11.3 Å². The van der Waals surface area contributed by atoms with E-state index in [2.05, 4.69) is 20.6 Å². The van der Waals surface area contributed by atoms with Gasteiger partial charge in [-0.2, -0.15) is 4.98 Å². The number of nitrogens with one attached hydrogen (secondary N) is 2. The third kappa shape index (κ3) is 4.07. The van der Waals surface area contributed by atoms with Crippen LogP contribution in [0.15, 0.2) is 54.7 Å². The highest BCUT2D eigenvalue weighted by Gasteiger charge is 2.10. The number of nitrogens with zero attached hydrogens (tertiary/aromatic N) is 2. The molecule has 25 heavy (non-hydrogen) atoms. The van der Waals surface area contributed by atoms with Crippen molar-refractivity contribution in [2.45, 2.75) is 0 Å². The van der Waals surface area contributed by atoms with Gasteiger partial charge in [-0.05, 0) is 48.0 Å². The van der Waals surface area contributed by atoms with Crippen LogP contribution in [0.5, 0.6) is 0 Å². The highest BCUT2D eigenvalue weighted by molar-refractivity contribution is 6.28. The van der Waals surface area contributed by atoms with E-state index in [0.717, 1.165) is 6.20 Å². The number of carbonyl (C=O) groups excluding carboxylic acids is 1. The predicted molar refractivity (Wildman–Crippen MR) is 91.1 cm³/mol. The average Bonchev–Trinajstić information content (AvgIpc) is 2.61. The van der Waals surface area contributed by atoms with Gasteiger partial charge in [0.15, 0.2) is 11.6 Å². The van der Waals surface area contributed by atoms with Crippen molar-refractivity contribution in [3.05, 3.63) is 77.2 Å². The Morgan fingerprint density at radius 1 is 1.00 bits per heavy atom. The fourth-order valence-corrected chi connectivity index (χ4v) is 2.17. The Morgan fingerprint density at radius 3 is 2.44 bits per heavy atom. The lowest BCUT2D eigenvalue weighted by atomic mass is 10.2. The molecule has 1 amide bonds. The van der Waals surface area contributed by atoms with Crippen molar-refractivity contribution in [2.24, 2.45) is 0 Å². The van der Waals surface area contributed by atoms with Gasteiger partial charge in [0.05, 0.1) is 11.9 Å². The van der Waals surface area contributed by atoms with Crippen LogP contribution in [0.3, 0.4) is 0 Å². The second kappa shape index (κ2) is 7.23. The number of para-hydroxylation sites is 1. The molecule has 8 heteroatoms. The number of amides is 1. The van der Waals surface area contributed by atoms with E-state index < -0.39 is 17.5 Å². The summed E-state index contributed by atoms with van der Waals surface area (Å²) in [7, 11) is 0. The van der Waals surface area contributed by atoms with Crippen LogP contribution in [-0.2, 0) is 0 Å². The van der Waals surface area contributed by atoms with Crippen LogP contribution in [0.1, 0.15) is 10.4 Å². The summed E-state index contributed by atoms with van der Waals surface area (Å²) >= 11 is 5.63. The molecule has 0 radical (unpaired) electrons. The SMILES string of the molecule is O=C(Nc1ccccc1F)c1ccc(Nc2nc(Cl)ncc2F)cc1. The number of halogens is 3. The van der Waals surface area contributed by atoms with Gasteiger partial charge >= 0.3 is 0 Å². The van der Waals surface area contributed by atoms with E-state index in [-0.39, 0.29) is 16.8 Å². The minimum Gasteiger partial charge on any atom is -0.338 e. The van der Waals surface area contributed by atoms with E-state index >= 15 is 0 Å². The monoisotopic (exact) mass is 360 g/mol. The first-order chi connectivity index (χ1) is 12.0. The van der Waals surface area contributed by atoms with Gasteiger partial charge < -0.3 is 10.6 Å². The number of carbonyl (C=O) groups is 1. The Hall–Kier alpha value is -3.06. The number of hydrogen-bond donors (Lipinski definition) is 2. The second-order valence-corrected chi connectivity index (χ2v) is 5.31. The summed E-state index contributed by atoms with van der Waals surface area (Å²) < 4.78 is 27.2. The fourth-order valence-electron chi connectivity index (χ4n) is 2.03. The Bertz CT molecular complexity index is 919. The van der Waals surface area contributed by atoms with E-state index in [4.69, 9.17) is 11.6 Å². The quantitative estimate of drug-likeness (QED) is 0.676. The normalized spacial score (nSPS) is 10.4. The lowest BCUT2D eigenvalue weighted by molar-refractivity contribution is 0.102. The smallest absolute Gasteiger partial charge is 0.255 e. The summed E-state index contributed by atoms with van der Waals surface area (Å²) in [6.07, 6.45) is 0.952. The number of benzene rings is 2. The van der Waals surface area contributed by atoms with Gasteiger partial charge in [0, 0.05) is 11.3 Å². The molecule has 5 nitrogen and oxygen atoms in total. The van der Waals surface area contributed by atoms with Crippen molar-refractivity contribution in [2.75, 3.05) is 10.6 Å². The Morgan fingerprint density at radius 2 is 1.72 bits per heavy atom. The van der Waals surface area contributed by atoms with Crippen molar-refractivity contribution in [1.82, 2.24) is 9.97 Å². The van der Waals surface area contributed by atoms with Crippen LogP contribution in [0, 0.1) is 11.6 Å². The minimum atomic E-state index is -0.661. The molecule has 3 aromatic rings. The lowest BCUT2D eigenvalue weighted by Crippen LogP contribution is -2.12. The van der Waals surface area contributed by atoms with E-state index in [1.54, 1.807) is 18.2 Å². The van der Waals surface area contributed by atoms with E-state index in [1.165, 1.54) is 30.3 Å². The molecule has 0 spiro atoms. The lowest BCUT2D eigenvalue weighted by Gasteiger charge is -2.09. The molecular formula is C17H11ClF2N4O. The molecule has 2 N–H and O–H groups in total. The van der Waals surface area contributed by atoms with Crippen molar-refractivity contribution in [1.29, 1.82) is 0 Å². The fraction of sp³-hybridized carbons (Fsp3) is 0. The predicted octanol–water partition coefficient (Wildman–Crippen LogP) is 4.40. The maximum atomic E-state index is 13.6. The first kappa shape index (κ1) is 16.8. The van der Waals surface area contributed by atoms with Gasteiger partial charge in [0.2, 0.25) is 5.28 Å². The molecule has 0 aliphatic rings. The van der Waals surface area contributed by atoms with Gasteiger partial charge in [-0.15, -0.1) is 0 Å². The number of anilines is 3. The molecule has 0 fully saturated rings. The molecule has 0 saturated carbocycles. The molecule has 3 rings (SSSR count). The highest BCUT2D eigenvalue weighted by atomic mass is 35.5. The topological polar surface area (TPSA) is 66.9 Å². The van der Waals surface area contributed by atoms with Crippen molar-refractivity contribution >= 4 is 34.7 Å². The Labute approximate surface area is 146 Å². The summed E-state index contributed by atoms with van der Waals surface area (Å²) in [5, 5.41) is 5.12. The van der Waals surface area contributed by atoms with Gasteiger partial charge in [-0.1, -0.05) is 12.1 Å². The molecule has 0 bridgehead atoms. The van der Waals surface area contributed by atoms with Crippen molar-refractivity contribution < 1.29 is 13.6 Å². The van der Waals surface area contributed by atoms with E-state index in [1.807, 2.05) is 0 Å². The molecule has 0 aliphatic carbocycles. The van der Waals surface area contributed by atoms with Crippen molar-refractivity contribution in [3.8, 4) is 0 Å². The molecule has 0 atom stereocenters. The standard InChI is InChI=1S/C17H11ClF2N4O/c18-17-21-9-13(20)15(24-17)22-11-7-5-10(6-8-11)16(25)23-14-4-2-1-3-12(14)19/h1-9H,(H,23,25)(H,21,22,24). The van der Waals surface area contributed by atoms with Gasteiger partial charge in [0.1, 0.15) is 5.82 Å². The third-order valence-corrected chi connectivity index (χ3v) is 3.43. The highest BCUT2D eigenvalue weighted by Crippen LogP contribution is 2.20. The molecular weight excluding hydrogens is 350 g/mol. The van der Waals surface area contributed by atoms with Gasteiger partial charge in [-0.3, -0.25) is 4.79 Å². The second-order valence-electron chi connectivity index (χ2n) is 4.97. The molecule has 1 heterocycles. The molecule has 126 valence electrons. The minimum absolute atomic E-state index is 0.0800. The summed E-state index contributed by atoms with van der Waals surface area (Å²) in [5.74, 6) is -1.73. The average molecular weight is 361 g/mol. The van der Waals surface area contributed by atoms with Crippen LogP contribution in [0.25, 0.3) is 0 Å². The molecule has 0 saturated heterocycles. The zero-order chi connectivity index (χ0) is 17.8. The maximum Gasteiger partial charge on any atom is 0.255 e. The number of aromatic nitrogens is 2. The van der Waals surface area contributed by atoms with Crippen molar-refractivity contribution in [3.63, 3.8) is 0 Å². The summed E-state index contributed by atoms with van der Waals surface area (Å²) in [6.45, 7) is 0. The molecule has 0 unspecified atom stereocenters. The first-order valence-electron chi connectivity index (χ1n) is 7.14. The van der Waals surface area contributed by atoms with Crippen LogP contribution in [0.4, 0.5) is 26.0 Å². The number of hydrogen-bond acceptors (Lipinski definition) is 4. The zero-order valence-electron chi connectivity index (χ0n) is 12.6. The third-order valence-electron chi connectivity index (χ3n) is 3.25. The Balaban J connectivity index is 1.72. The van der Waals surface area contributed by atoms with Gasteiger partial charge in [-0.25, -0.2) is 13.8 Å². The summed E-state index contributed by atoms with van der Waals surface area (Å²) in [4.78, 5) is 19.4. The largest absolute Gasteiger partial charge is 0.338 e. The van der Waals surface area contributed by atoms with Gasteiger partial charge in [0.25, 0.3) is 5.91 Å². The van der Waals surface area contributed by atoms with E-state index in [9.17, 15) is 13.6 Å². The first-order valence-corrected chi connectivity index (χ1v) is 7.52. The molecule has 0 aliphatic heterocycles. The summed E-state index contributed by atoms with van der Waals surface area (Å²) in [6, 6.07) is 12.0. The van der Waals surface area contributed by atoms with Crippen LogP contribution >= 0.6 is 11.6 Å². The van der Waals surface area contributed by atoms with Crippen LogP contribution < -0.4 is 10.6 Å². The molecule has 2 aromatic carbocycles.